The van der Waals surface area contributed by atoms with Crippen LogP contribution >= 0.6 is 0 Å². The van der Waals surface area contributed by atoms with Crippen molar-refractivity contribution in [1.82, 2.24) is 10.2 Å². The summed E-state index contributed by atoms with van der Waals surface area (Å²) in [6.07, 6.45) is 3.36. The lowest BCUT2D eigenvalue weighted by Crippen LogP contribution is -2.48. The number of carbonyl (C=O) groups excluding carboxylic acids is 1. The Morgan fingerprint density at radius 1 is 1.24 bits per heavy atom. The zero-order chi connectivity index (χ0) is 12.3. The number of rotatable bonds is 2. The van der Waals surface area contributed by atoms with Crippen molar-refractivity contribution in [3.8, 4) is 0 Å². The van der Waals surface area contributed by atoms with Gasteiger partial charge in [-0.05, 0) is 45.7 Å². The van der Waals surface area contributed by atoms with Crippen LogP contribution in [0.1, 0.15) is 33.1 Å². The molecule has 0 aromatic rings. The minimum absolute atomic E-state index is 0.177. The van der Waals surface area contributed by atoms with Gasteiger partial charge in [0.25, 0.3) is 0 Å². The predicted molar refractivity (Wildman–Crippen MR) is 66.8 cm³/mol. The minimum Gasteiger partial charge on any atom is -0.372 e. The van der Waals surface area contributed by atoms with E-state index in [0.717, 1.165) is 45.4 Å². The molecule has 0 radical (unpaired) electrons. The van der Waals surface area contributed by atoms with Crippen LogP contribution in [0, 0.1) is 5.92 Å². The molecule has 2 rings (SSSR count). The van der Waals surface area contributed by atoms with Gasteiger partial charge in [0, 0.05) is 19.5 Å². The molecule has 4 heteroatoms. The van der Waals surface area contributed by atoms with Crippen molar-refractivity contribution in [2.45, 2.75) is 45.3 Å². The van der Waals surface area contributed by atoms with Gasteiger partial charge >= 0.3 is 0 Å². The lowest BCUT2D eigenvalue weighted by molar-refractivity contribution is -0.144. The van der Waals surface area contributed by atoms with Crippen molar-refractivity contribution in [1.29, 1.82) is 0 Å². The Labute approximate surface area is 104 Å². The van der Waals surface area contributed by atoms with Gasteiger partial charge in [0.15, 0.2) is 0 Å². The van der Waals surface area contributed by atoms with E-state index in [1.165, 1.54) is 0 Å². The summed E-state index contributed by atoms with van der Waals surface area (Å²) in [4.78, 5) is 14.2. The summed E-state index contributed by atoms with van der Waals surface area (Å²) in [6, 6.07) is 0. The largest absolute Gasteiger partial charge is 0.372 e. The van der Waals surface area contributed by atoms with Crippen LogP contribution in [0.3, 0.4) is 0 Å². The second kappa shape index (κ2) is 5.83. The van der Waals surface area contributed by atoms with Crippen molar-refractivity contribution in [2.24, 2.45) is 5.92 Å². The van der Waals surface area contributed by atoms with Gasteiger partial charge in [-0.2, -0.15) is 0 Å². The quantitative estimate of drug-likeness (QED) is 0.783. The number of ether oxygens (including phenoxy) is 1. The topological polar surface area (TPSA) is 41.6 Å². The molecule has 2 aliphatic heterocycles. The molecule has 0 aliphatic carbocycles. The predicted octanol–water partition coefficient (Wildman–Crippen LogP) is 1.01. The van der Waals surface area contributed by atoms with E-state index in [4.69, 9.17) is 4.74 Å². The molecule has 17 heavy (non-hydrogen) atoms. The van der Waals surface area contributed by atoms with Crippen LogP contribution in [0.5, 0.6) is 0 Å². The summed E-state index contributed by atoms with van der Waals surface area (Å²) in [7, 11) is 0. The summed E-state index contributed by atoms with van der Waals surface area (Å²) in [5.41, 5.74) is 0. The second-order valence-corrected chi connectivity index (χ2v) is 5.45. The summed E-state index contributed by atoms with van der Waals surface area (Å²) in [5, 5.41) is 3.34. The van der Waals surface area contributed by atoms with Gasteiger partial charge < -0.3 is 15.0 Å². The highest BCUT2D eigenvalue weighted by Crippen LogP contribution is 2.19. The first-order valence-electron chi connectivity index (χ1n) is 6.79. The number of nitrogens with one attached hydrogen (secondary N) is 1. The molecule has 4 nitrogen and oxygen atoms in total. The Balaban J connectivity index is 1.81. The van der Waals surface area contributed by atoms with Crippen LogP contribution < -0.4 is 5.32 Å². The number of carbonyl (C=O) groups is 1. The van der Waals surface area contributed by atoms with Crippen molar-refractivity contribution >= 4 is 5.91 Å². The highest BCUT2D eigenvalue weighted by atomic mass is 16.5. The van der Waals surface area contributed by atoms with Crippen LogP contribution in [-0.4, -0.2) is 49.2 Å². The monoisotopic (exact) mass is 240 g/mol. The van der Waals surface area contributed by atoms with Crippen molar-refractivity contribution < 1.29 is 9.53 Å². The molecular formula is C13H24N2O2. The Kier molecular flexibility index (Phi) is 4.40. The molecule has 2 atom stereocenters. The summed E-state index contributed by atoms with van der Waals surface area (Å²) in [5.74, 6) is 0.899. The number of amides is 1. The maximum Gasteiger partial charge on any atom is 0.223 e. The van der Waals surface area contributed by atoms with Crippen LogP contribution in [-0.2, 0) is 9.53 Å². The molecule has 0 spiro atoms. The lowest BCUT2D eigenvalue weighted by atomic mass is 9.94. The maximum absolute atomic E-state index is 12.2. The zero-order valence-electron chi connectivity index (χ0n) is 10.9. The molecule has 0 aromatic heterocycles. The standard InChI is InChI=1S/C13H24N2O2/c1-10-8-15(9-11(2)17-10)13(16)7-12-3-5-14-6-4-12/h10-12,14H,3-9H2,1-2H3/t10-,11-/m0/s1. The molecule has 1 amide bonds. The fraction of sp³-hybridized carbons (Fsp3) is 0.923. The van der Waals surface area contributed by atoms with Crippen LogP contribution in [0.2, 0.25) is 0 Å². The second-order valence-electron chi connectivity index (χ2n) is 5.45. The first-order chi connectivity index (χ1) is 8.15. The number of hydrogen-bond donors (Lipinski definition) is 1. The molecule has 0 bridgehead atoms. The van der Waals surface area contributed by atoms with E-state index < -0.39 is 0 Å². The van der Waals surface area contributed by atoms with E-state index in [9.17, 15) is 4.79 Å². The van der Waals surface area contributed by atoms with Gasteiger partial charge in [0.2, 0.25) is 5.91 Å². The number of hydrogen-bond acceptors (Lipinski definition) is 3. The maximum atomic E-state index is 12.2. The van der Waals surface area contributed by atoms with E-state index in [2.05, 4.69) is 5.32 Å². The molecule has 2 aliphatic rings. The number of nitrogens with zero attached hydrogens (tertiary/aromatic N) is 1. The molecule has 1 N–H and O–H groups in total. The van der Waals surface area contributed by atoms with Gasteiger partial charge in [0.1, 0.15) is 0 Å². The average Bonchev–Trinajstić information content (AvgIpc) is 2.29. The molecule has 2 saturated heterocycles. The van der Waals surface area contributed by atoms with Crippen LogP contribution in [0.25, 0.3) is 0 Å². The Bertz CT molecular complexity index is 254. The van der Waals surface area contributed by atoms with Crippen LogP contribution in [0.4, 0.5) is 0 Å². The zero-order valence-corrected chi connectivity index (χ0v) is 10.9. The van der Waals surface area contributed by atoms with E-state index in [1.54, 1.807) is 0 Å². The summed E-state index contributed by atoms with van der Waals surface area (Å²) < 4.78 is 5.65. The van der Waals surface area contributed by atoms with E-state index in [1.807, 2.05) is 18.7 Å². The van der Waals surface area contributed by atoms with Crippen molar-refractivity contribution in [3.05, 3.63) is 0 Å². The third-order valence-electron chi connectivity index (χ3n) is 3.69. The molecular weight excluding hydrogens is 216 g/mol. The molecule has 0 saturated carbocycles. The van der Waals surface area contributed by atoms with Gasteiger partial charge in [-0.1, -0.05) is 0 Å². The fourth-order valence-corrected chi connectivity index (χ4v) is 2.84. The van der Waals surface area contributed by atoms with Gasteiger partial charge in [-0.15, -0.1) is 0 Å². The molecule has 2 heterocycles. The SMILES string of the molecule is C[C@H]1CN(C(=O)CC2CCNCC2)C[C@H](C)O1. The van der Waals surface area contributed by atoms with E-state index in [-0.39, 0.29) is 12.2 Å². The first kappa shape index (κ1) is 12.8. The smallest absolute Gasteiger partial charge is 0.223 e. The average molecular weight is 240 g/mol. The van der Waals surface area contributed by atoms with Gasteiger partial charge in [-0.3, -0.25) is 4.79 Å². The Morgan fingerprint density at radius 2 is 1.82 bits per heavy atom. The normalized spacial score (nSPS) is 31.5. The van der Waals surface area contributed by atoms with Crippen LogP contribution in [0.15, 0.2) is 0 Å². The number of piperidine rings is 1. The summed E-state index contributed by atoms with van der Waals surface area (Å²) >= 11 is 0. The van der Waals surface area contributed by atoms with E-state index in [0.29, 0.717) is 11.8 Å². The first-order valence-corrected chi connectivity index (χ1v) is 6.79. The van der Waals surface area contributed by atoms with Crippen molar-refractivity contribution in [2.75, 3.05) is 26.2 Å². The Hall–Kier alpha value is -0.610. The third kappa shape index (κ3) is 3.68. The summed E-state index contributed by atoms with van der Waals surface area (Å²) in [6.45, 7) is 7.73. The fourth-order valence-electron chi connectivity index (χ4n) is 2.84. The van der Waals surface area contributed by atoms with Crippen molar-refractivity contribution in [3.63, 3.8) is 0 Å². The highest BCUT2D eigenvalue weighted by molar-refractivity contribution is 5.76. The Morgan fingerprint density at radius 3 is 2.41 bits per heavy atom. The third-order valence-corrected chi connectivity index (χ3v) is 3.69. The number of morpholine rings is 1. The highest BCUT2D eigenvalue weighted by Gasteiger charge is 2.27. The molecule has 2 fully saturated rings. The molecule has 0 aromatic carbocycles. The lowest BCUT2D eigenvalue weighted by Gasteiger charge is -2.36. The molecule has 98 valence electrons. The van der Waals surface area contributed by atoms with E-state index >= 15 is 0 Å². The minimum atomic E-state index is 0.177. The molecule has 0 unspecified atom stereocenters. The van der Waals surface area contributed by atoms with Gasteiger partial charge in [0.05, 0.1) is 12.2 Å². The van der Waals surface area contributed by atoms with Gasteiger partial charge in [-0.25, -0.2) is 0 Å².